The summed E-state index contributed by atoms with van der Waals surface area (Å²) in [5.74, 6) is 7.06. The predicted molar refractivity (Wildman–Crippen MR) is 98.8 cm³/mol. The Morgan fingerprint density at radius 2 is 1.25 bits per heavy atom. The van der Waals surface area contributed by atoms with Gasteiger partial charge in [-0.15, -0.1) is 0 Å². The Morgan fingerprint density at radius 3 is 1.88 bits per heavy atom. The largest absolute Gasteiger partial charge is 0.192 e. The summed E-state index contributed by atoms with van der Waals surface area (Å²) >= 11 is 0. The fourth-order valence-corrected chi connectivity index (χ4v) is 3.86. The van der Waals surface area contributed by atoms with E-state index >= 15 is 0 Å². The molecule has 1 atom stereocenters. The summed E-state index contributed by atoms with van der Waals surface area (Å²) in [7, 11) is 0. The normalized spacial score (nSPS) is 19.8. The van der Waals surface area contributed by atoms with Gasteiger partial charge in [0.25, 0.3) is 0 Å². The lowest BCUT2D eigenvalue weighted by molar-refractivity contribution is 0.264. The number of hydrogen-bond donors (Lipinski definition) is 0. The molecule has 120 valence electrons. The molecule has 0 spiro atoms. The molecular weight excluding hydrogens is 290 g/mol. The second-order valence-corrected chi connectivity index (χ2v) is 7.86. The summed E-state index contributed by atoms with van der Waals surface area (Å²) in [6.07, 6.45) is 0. The number of fused-ring (bicyclic) bond motifs is 1. The molecule has 1 unspecified atom stereocenters. The van der Waals surface area contributed by atoms with Crippen LogP contribution in [0.15, 0.2) is 42.5 Å². The zero-order chi connectivity index (χ0) is 17.5. The Bertz CT molecular complexity index is 880. The minimum Gasteiger partial charge on any atom is -0.192 e. The van der Waals surface area contributed by atoms with E-state index in [9.17, 15) is 0 Å². The Labute approximate surface area is 145 Å². The molecule has 0 amide bonds. The van der Waals surface area contributed by atoms with E-state index in [0.717, 1.165) is 11.1 Å². The van der Waals surface area contributed by atoms with Gasteiger partial charge in [0.15, 0.2) is 0 Å². The topological polar surface area (TPSA) is 23.8 Å². The van der Waals surface area contributed by atoms with Crippen LogP contribution in [-0.4, -0.2) is 0 Å². The van der Waals surface area contributed by atoms with Crippen LogP contribution in [0.3, 0.4) is 0 Å². The van der Waals surface area contributed by atoms with Gasteiger partial charge in [-0.1, -0.05) is 52.5 Å². The van der Waals surface area contributed by atoms with Gasteiger partial charge in [0.1, 0.15) is 0 Å². The molecule has 0 heterocycles. The number of rotatable bonds is 0. The van der Waals surface area contributed by atoms with Crippen molar-refractivity contribution in [3.8, 4) is 17.9 Å². The van der Waals surface area contributed by atoms with Crippen molar-refractivity contribution in [2.24, 2.45) is 5.92 Å². The first-order chi connectivity index (χ1) is 11.3. The molecule has 0 saturated heterocycles. The number of nitrogens with zero attached hydrogens (tertiary/aromatic N) is 1. The first kappa shape index (κ1) is 16.4. The molecule has 2 aromatic rings. The van der Waals surface area contributed by atoms with E-state index in [1.807, 2.05) is 12.1 Å². The summed E-state index contributed by atoms with van der Waals surface area (Å²) in [6.45, 7) is 11.7. The SMILES string of the molecule is CC1C(C)(C)c2ccc(C#Cc3ccc(C#N)cc3)cc2C1(C)C. The molecule has 2 aromatic carbocycles. The maximum absolute atomic E-state index is 8.85. The van der Waals surface area contributed by atoms with Crippen molar-refractivity contribution in [1.82, 2.24) is 0 Å². The first-order valence-electron chi connectivity index (χ1n) is 8.44. The molecule has 0 bridgehead atoms. The summed E-state index contributed by atoms with van der Waals surface area (Å²) in [6, 6.07) is 16.2. The third kappa shape index (κ3) is 2.51. The molecule has 0 saturated carbocycles. The van der Waals surface area contributed by atoms with Crippen LogP contribution in [0.4, 0.5) is 0 Å². The smallest absolute Gasteiger partial charge is 0.0991 e. The van der Waals surface area contributed by atoms with Crippen LogP contribution in [0.2, 0.25) is 0 Å². The molecule has 1 aliphatic rings. The van der Waals surface area contributed by atoms with E-state index < -0.39 is 0 Å². The van der Waals surface area contributed by atoms with Gasteiger partial charge in [0, 0.05) is 11.1 Å². The Balaban J connectivity index is 1.98. The Kier molecular flexibility index (Phi) is 3.77. The van der Waals surface area contributed by atoms with Crippen LogP contribution >= 0.6 is 0 Å². The molecule has 0 fully saturated rings. The zero-order valence-corrected chi connectivity index (χ0v) is 15.1. The standard InChI is InChI=1S/C23H23N/c1-16-22(2,3)20-13-12-18(14-21(20)23(16,4)5)9-6-17-7-10-19(15-24)11-8-17/h7-8,10-14,16H,1-5H3. The van der Waals surface area contributed by atoms with Gasteiger partial charge >= 0.3 is 0 Å². The van der Waals surface area contributed by atoms with Crippen LogP contribution in [0.25, 0.3) is 0 Å². The van der Waals surface area contributed by atoms with Gasteiger partial charge in [0.05, 0.1) is 11.6 Å². The lowest BCUT2D eigenvalue weighted by Crippen LogP contribution is -2.30. The molecule has 0 aliphatic heterocycles. The number of benzene rings is 2. The van der Waals surface area contributed by atoms with Crippen LogP contribution in [0, 0.1) is 29.1 Å². The molecule has 24 heavy (non-hydrogen) atoms. The third-order valence-corrected chi connectivity index (χ3v) is 5.94. The van der Waals surface area contributed by atoms with Gasteiger partial charge in [-0.05, 0) is 64.3 Å². The van der Waals surface area contributed by atoms with Crippen molar-refractivity contribution in [3.05, 3.63) is 70.3 Å². The minimum absolute atomic E-state index is 0.158. The Hall–Kier alpha value is -2.51. The van der Waals surface area contributed by atoms with Crippen molar-refractivity contribution < 1.29 is 0 Å². The van der Waals surface area contributed by atoms with Crippen LogP contribution in [0.5, 0.6) is 0 Å². The van der Waals surface area contributed by atoms with Gasteiger partial charge in [-0.3, -0.25) is 0 Å². The third-order valence-electron chi connectivity index (χ3n) is 5.94. The summed E-state index contributed by atoms with van der Waals surface area (Å²) in [4.78, 5) is 0. The fourth-order valence-electron chi connectivity index (χ4n) is 3.86. The maximum Gasteiger partial charge on any atom is 0.0991 e. The van der Waals surface area contributed by atoms with Gasteiger partial charge in [0.2, 0.25) is 0 Å². The highest BCUT2D eigenvalue weighted by atomic mass is 14.5. The number of nitriles is 1. The second kappa shape index (κ2) is 5.54. The van der Waals surface area contributed by atoms with Gasteiger partial charge in [-0.25, -0.2) is 0 Å². The molecule has 3 rings (SSSR count). The maximum atomic E-state index is 8.85. The summed E-state index contributed by atoms with van der Waals surface area (Å²) in [5.41, 5.74) is 5.87. The van der Waals surface area contributed by atoms with Crippen LogP contribution in [0.1, 0.15) is 62.4 Å². The fraction of sp³-hybridized carbons (Fsp3) is 0.348. The average molecular weight is 313 g/mol. The molecule has 1 aliphatic carbocycles. The van der Waals surface area contributed by atoms with Crippen molar-refractivity contribution in [2.75, 3.05) is 0 Å². The van der Waals surface area contributed by atoms with E-state index in [1.165, 1.54) is 11.1 Å². The highest BCUT2D eigenvalue weighted by molar-refractivity contribution is 5.52. The van der Waals surface area contributed by atoms with E-state index in [-0.39, 0.29) is 10.8 Å². The molecule has 1 heteroatoms. The predicted octanol–water partition coefficient (Wildman–Crippen LogP) is 5.16. The van der Waals surface area contributed by atoms with Crippen molar-refractivity contribution >= 4 is 0 Å². The van der Waals surface area contributed by atoms with Gasteiger partial charge < -0.3 is 0 Å². The van der Waals surface area contributed by atoms with E-state index in [4.69, 9.17) is 5.26 Å². The highest BCUT2D eigenvalue weighted by Gasteiger charge is 2.48. The lowest BCUT2D eigenvalue weighted by Gasteiger charge is -2.32. The molecule has 0 N–H and O–H groups in total. The van der Waals surface area contributed by atoms with E-state index in [0.29, 0.717) is 11.5 Å². The second-order valence-electron chi connectivity index (χ2n) is 7.86. The molecule has 1 nitrogen and oxygen atoms in total. The van der Waals surface area contributed by atoms with Crippen molar-refractivity contribution in [1.29, 1.82) is 5.26 Å². The summed E-state index contributed by atoms with van der Waals surface area (Å²) in [5, 5.41) is 8.85. The lowest BCUT2D eigenvalue weighted by atomic mass is 9.71. The van der Waals surface area contributed by atoms with Crippen LogP contribution < -0.4 is 0 Å². The average Bonchev–Trinajstić information content (AvgIpc) is 2.71. The summed E-state index contributed by atoms with van der Waals surface area (Å²) < 4.78 is 0. The highest BCUT2D eigenvalue weighted by Crippen LogP contribution is 2.53. The molecule has 0 radical (unpaired) electrons. The number of hydrogen-bond acceptors (Lipinski definition) is 1. The van der Waals surface area contributed by atoms with E-state index in [2.05, 4.69) is 70.7 Å². The molecular formula is C23H23N. The van der Waals surface area contributed by atoms with E-state index in [1.54, 1.807) is 12.1 Å². The molecule has 0 aromatic heterocycles. The minimum atomic E-state index is 0.158. The zero-order valence-electron chi connectivity index (χ0n) is 15.1. The van der Waals surface area contributed by atoms with Crippen molar-refractivity contribution in [3.63, 3.8) is 0 Å². The Morgan fingerprint density at radius 1 is 0.750 bits per heavy atom. The van der Waals surface area contributed by atoms with Crippen LogP contribution in [-0.2, 0) is 10.8 Å². The monoisotopic (exact) mass is 313 g/mol. The van der Waals surface area contributed by atoms with Crippen molar-refractivity contribution in [2.45, 2.75) is 45.4 Å². The quantitative estimate of drug-likeness (QED) is 0.616. The van der Waals surface area contributed by atoms with Gasteiger partial charge in [-0.2, -0.15) is 5.26 Å². The first-order valence-corrected chi connectivity index (χ1v) is 8.44.